The average Bonchev–Trinajstić information content (AvgIpc) is 0.930. The standard InChI is InChI=1S/C82H160O17P2/c1-6-9-12-15-18-21-24-26-28-29-34-37-41-46-51-56-61-66-80(85)93-72-78(99-82(87)68-63-58-53-48-43-39-35-31-30-33-36-40-44-49-54-59-64-75(4)5)74-97-101(90,91)95-70-76(83)69-94-100(88,89)96-73-77(71-92-79(84)65-60-55-50-45-23-20-17-14-11-8-3)98-81(86)67-62-57-52-47-42-38-32-27-25-22-19-16-13-10-7-2/h75-78,83H,6-74H2,1-5H3,(H,88,89)(H,90,91)/t76-,77+,78+/m0/s1. The van der Waals surface area contributed by atoms with Crippen molar-refractivity contribution in [3.8, 4) is 0 Å². The van der Waals surface area contributed by atoms with Gasteiger partial charge in [0.2, 0.25) is 0 Å². The van der Waals surface area contributed by atoms with Gasteiger partial charge in [-0.1, -0.05) is 388 Å². The van der Waals surface area contributed by atoms with Crippen LogP contribution in [-0.2, 0) is 65.4 Å². The lowest BCUT2D eigenvalue weighted by Crippen LogP contribution is -2.30. The molecule has 0 radical (unpaired) electrons. The number of phosphoric ester groups is 2. The van der Waals surface area contributed by atoms with E-state index in [-0.39, 0.29) is 25.7 Å². The number of rotatable bonds is 82. The summed E-state index contributed by atoms with van der Waals surface area (Å²) in [5.74, 6) is -1.29. The summed E-state index contributed by atoms with van der Waals surface area (Å²) in [6.45, 7) is 7.37. The summed E-state index contributed by atoms with van der Waals surface area (Å²) in [6.07, 6.45) is 66.5. The molecule has 0 amide bonds. The largest absolute Gasteiger partial charge is 0.472 e. The maximum atomic E-state index is 13.1. The van der Waals surface area contributed by atoms with Gasteiger partial charge < -0.3 is 33.8 Å². The summed E-state index contributed by atoms with van der Waals surface area (Å²) in [5, 5.41) is 10.6. The Labute approximate surface area is 619 Å². The molecule has 0 heterocycles. The van der Waals surface area contributed by atoms with Crippen LogP contribution in [0.3, 0.4) is 0 Å². The van der Waals surface area contributed by atoms with Gasteiger partial charge in [0.1, 0.15) is 19.3 Å². The van der Waals surface area contributed by atoms with Gasteiger partial charge in [0.05, 0.1) is 26.4 Å². The number of aliphatic hydroxyl groups excluding tert-OH is 1. The molecule has 0 aromatic rings. The second kappa shape index (κ2) is 74.9. The molecule has 19 heteroatoms. The zero-order chi connectivity index (χ0) is 74.1. The van der Waals surface area contributed by atoms with Crippen LogP contribution < -0.4 is 0 Å². The lowest BCUT2D eigenvalue weighted by molar-refractivity contribution is -0.161. The summed E-state index contributed by atoms with van der Waals surface area (Å²) in [7, 11) is -9.92. The molecule has 0 aliphatic carbocycles. The van der Waals surface area contributed by atoms with Gasteiger partial charge in [-0.3, -0.25) is 37.3 Å². The first kappa shape index (κ1) is 99.1. The minimum atomic E-state index is -4.96. The second-order valence-electron chi connectivity index (χ2n) is 30.0. The van der Waals surface area contributed by atoms with Crippen LogP contribution in [0.25, 0.3) is 0 Å². The van der Waals surface area contributed by atoms with Crippen molar-refractivity contribution < 1.29 is 80.2 Å². The molecule has 17 nitrogen and oxygen atoms in total. The van der Waals surface area contributed by atoms with E-state index >= 15 is 0 Å². The molecule has 0 aromatic carbocycles. The third kappa shape index (κ3) is 76.1. The van der Waals surface area contributed by atoms with Crippen LogP contribution in [-0.4, -0.2) is 96.7 Å². The smallest absolute Gasteiger partial charge is 0.462 e. The SMILES string of the molecule is CCCCCCCCCCCCCCCCCCCC(=O)OC[C@H](COP(=O)(O)OC[C@@H](O)COP(=O)(O)OC[C@@H](COC(=O)CCCCCCCCCCCC)OC(=O)CCCCCCCCCCCCCCCCC)OC(=O)CCCCCCCCCCCCCCCCCCC(C)C. The fraction of sp³-hybridized carbons (Fsp3) is 0.951. The molecule has 101 heavy (non-hydrogen) atoms. The topological polar surface area (TPSA) is 237 Å². The van der Waals surface area contributed by atoms with Crippen molar-refractivity contribution in [2.45, 2.75) is 457 Å². The molecule has 2 unspecified atom stereocenters. The molecule has 0 rings (SSSR count). The van der Waals surface area contributed by atoms with E-state index in [1.807, 2.05) is 0 Å². The van der Waals surface area contributed by atoms with Crippen LogP contribution >= 0.6 is 15.6 Å². The van der Waals surface area contributed by atoms with Crippen molar-refractivity contribution in [2.75, 3.05) is 39.6 Å². The average molecular weight is 1480 g/mol. The number of hydrogen-bond acceptors (Lipinski definition) is 15. The summed E-state index contributed by atoms with van der Waals surface area (Å²) in [4.78, 5) is 73.1. The van der Waals surface area contributed by atoms with E-state index in [0.29, 0.717) is 25.7 Å². The summed E-state index contributed by atoms with van der Waals surface area (Å²) in [5.41, 5.74) is 0. The molecule has 600 valence electrons. The van der Waals surface area contributed by atoms with Gasteiger partial charge in [-0.15, -0.1) is 0 Å². The van der Waals surface area contributed by atoms with Crippen molar-refractivity contribution in [2.24, 2.45) is 5.92 Å². The molecule has 5 atom stereocenters. The molecule has 0 spiro atoms. The maximum absolute atomic E-state index is 13.1. The first-order valence-electron chi connectivity index (χ1n) is 42.6. The van der Waals surface area contributed by atoms with Crippen molar-refractivity contribution in [3.05, 3.63) is 0 Å². The summed E-state index contributed by atoms with van der Waals surface area (Å²) in [6, 6.07) is 0. The van der Waals surface area contributed by atoms with Crippen LogP contribution in [0.4, 0.5) is 0 Å². The van der Waals surface area contributed by atoms with Crippen molar-refractivity contribution in [1.82, 2.24) is 0 Å². The number of hydrogen-bond donors (Lipinski definition) is 3. The van der Waals surface area contributed by atoms with Gasteiger partial charge in [0.15, 0.2) is 12.2 Å². The quantitative estimate of drug-likeness (QED) is 0.0222. The molecule has 0 aliphatic rings. The zero-order valence-electron chi connectivity index (χ0n) is 66.1. The maximum Gasteiger partial charge on any atom is 0.472 e. The van der Waals surface area contributed by atoms with Gasteiger partial charge in [0.25, 0.3) is 0 Å². The number of aliphatic hydroxyl groups is 1. The Kier molecular flexibility index (Phi) is 73.5. The first-order valence-corrected chi connectivity index (χ1v) is 45.6. The highest BCUT2D eigenvalue weighted by atomic mass is 31.2. The molecule has 0 aromatic heterocycles. The first-order chi connectivity index (χ1) is 49.0. The number of esters is 4. The Morgan fingerprint density at radius 2 is 0.455 bits per heavy atom. The van der Waals surface area contributed by atoms with Gasteiger partial charge >= 0.3 is 39.5 Å². The van der Waals surface area contributed by atoms with Crippen LogP contribution in [0.15, 0.2) is 0 Å². The summed E-state index contributed by atoms with van der Waals surface area (Å²) >= 11 is 0. The number of unbranched alkanes of at least 4 members (excludes halogenated alkanes) is 54. The minimum absolute atomic E-state index is 0.109. The normalized spacial score (nSPS) is 13.8. The highest BCUT2D eigenvalue weighted by Gasteiger charge is 2.30. The van der Waals surface area contributed by atoms with E-state index < -0.39 is 97.5 Å². The second-order valence-corrected chi connectivity index (χ2v) is 32.9. The predicted octanol–water partition coefficient (Wildman–Crippen LogP) is 24.8. The van der Waals surface area contributed by atoms with E-state index in [1.54, 1.807) is 0 Å². The Morgan fingerprint density at radius 1 is 0.267 bits per heavy atom. The van der Waals surface area contributed by atoms with Crippen LogP contribution in [0, 0.1) is 5.92 Å². The van der Waals surface area contributed by atoms with Crippen molar-refractivity contribution >= 4 is 39.5 Å². The number of ether oxygens (including phenoxy) is 4. The molecule has 0 aliphatic heterocycles. The predicted molar refractivity (Wildman–Crippen MR) is 414 cm³/mol. The Bertz CT molecular complexity index is 1930. The van der Waals surface area contributed by atoms with Crippen molar-refractivity contribution in [1.29, 1.82) is 0 Å². The summed E-state index contributed by atoms with van der Waals surface area (Å²) < 4.78 is 68.8. The fourth-order valence-corrected chi connectivity index (χ4v) is 14.3. The van der Waals surface area contributed by atoms with E-state index in [2.05, 4.69) is 34.6 Å². The Balaban J connectivity index is 5.23. The van der Waals surface area contributed by atoms with E-state index in [1.165, 1.54) is 263 Å². The fourth-order valence-electron chi connectivity index (χ4n) is 12.8. The molecule has 0 fully saturated rings. The molecule has 0 bridgehead atoms. The van der Waals surface area contributed by atoms with Gasteiger partial charge in [-0.05, 0) is 31.6 Å². The Morgan fingerprint density at radius 3 is 0.673 bits per heavy atom. The van der Waals surface area contributed by atoms with Crippen LogP contribution in [0.5, 0.6) is 0 Å². The van der Waals surface area contributed by atoms with Crippen LogP contribution in [0.2, 0.25) is 0 Å². The lowest BCUT2D eigenvalue weighted by atomic mass is 10.0. The minimum Gasteiger partial charge on any atom is -0.462 e. The molecule has 0 saturated heterocycles. The molecule has 0 saturated carbocycles. The lowest BCUT2D eigenvalue weighted by Gasteiger charge is -2.21. The highest BCUT2D eigenvalue weighted by Crippen LogP contribution is 2.45. The third-order valence-electron chi connectivity index (χ3n) is 19.3. The van der Waals surface area contributed by atoms with Crippen molar-refractivity contribution in [3.63, 3.8) is 0 Å². The van der Waals surface area contributed by atoms with Gasteiger partial charge in [-0.2, -0.15) is 0 Å². The molecule has 3 N–H and O–H groups in total. The highest BCUT2D eigenvalue weighted by molar-refractivity contribution is 7.47. The monoisotopic (exact) mass is 1480 g/mol. The number of carbonyl (C=O) groups is 4. The zero-order valence-corrected chi connectivity index (χ0v) is 67.8. The van der Waals surface area contributed by atoms with E-state index in [0.717, 1.165) is 95.8 Å². The third-order valence-corrected chi connectivity index (χ3v) is 21.2. The number of phosphoric acid groups is 2. The van der Waals surface area contributed by atoms with E-state index in [9.17, 15) is 43.2 Å². The molecular formula is C82H160O17P2. The van der Waals surface area contributed by atoms with Gasteiger partial charge in [-0.25, -0.2) is 9.13 Å². The number of carbonyl (C=O) groups excluding carboxylic acids is 4. The van der Waals surface area contributed by atoms with Crippen LogP contribution in [0.1, 0.15) is 439 Å². The van der Waals surface area contributed by atoms with E-state index in [4.69, 9.17) is 37.0 Å². The molecular weight excluding hydrogens is 1320 g/mol. The Hall–Kier alpha value is -1.94. The van der Waals surface area contributed by atoms with Gasteiger partial charge in [0, 0.05) is 25.7 Å².